The largest absolute Gasteiger partial charge is 0.370 e. The van der Waals surface area contributed by atoms with Crippen LogP contribution in [0.5, 0.6) is 0 Å². The second-order valence-electron chi connectivity index (χ2n) is 8.94. The number of hydrogen-bond acceptors (Lipinski definition) is 3. The van der Waals surface area contributed by atoms with Gasteiger partial charge in [0, 0.05) is 39.5 Å². The van der Waals surface area contributed by atoms with E-state index in [0.717, 1.165) is 27.9 Å². The van der Waals surface area contributed by atoms with E-state index < -0.39 is 11.5 Å². The summed E-state index contributed by atoms with van der Waals surface area (Å²) < 4.78 is 14.5. The van der Waals surface area contributed by atoms with Gasteiger partial charge in [0.05, 0.1) is 17.4 Å². The molecular formula is C26H27FN4O. The highest BCUT2D eigenvalue weighted by molar-refractivity contribution is 5.97. The lowest BCUT2D eigenvalue weighted by Gasteiger charge is -2.21. The molecule has 6 heteroatoms. The van der Waals surface area contributed by atoms with Crippen molar-refractivity contribution in [3.05, 3.63) is 89.6 Å². The molecule has 2 aromatic heterocycles. The SMILES string of the molecule is Cc1[nH]c2ccc(NC(=O)C(C)(C)C)cc2c1C(Nc1ccccc1F)c1ccccn1. The number of amides is 1. The Morgan fingerprint density at radius 3 is 2.50 bits per heavy atom. The molecule has 164 valence electrons. The Balaban J connectivity index is 1.83. The number of halogens is 1. The maximum atomic E-state index is 14.5. The van der Waals surface area contributed by atoms with Crippen molar-refractivity contribution in [1.29, 1.82) is 0 Å². The summed E-state index contributed by atoms with van der Waals surface area (Å²) in [7, 11) is 0. The molecule has 4 rings (SSSR count). The van der Waals surface area contributed by atoms with Gasteiger partial charge >= 0.3 is 0 Å². The first kappa shape index (κ1) is 21.6. The molecule has 1 unspecified atom stereocenters. The standard InChI is InChI=1S/C26H27FN4O/c1-16-23(18-15-17(12-13-20(18)29-16)30-25(32)26(2,3)4)24(22-11-7-8-14-28-22)31-21-10-6-5-9-19(21)27/h5-15,24,29,31H,1-4H3,(H,30,32). The van der Waals surface area contributed by atoms with Crippen LogP contribution in [0, 0.1) is 18.2 Å². The smallest absolute Gasteiger partial charge is 0.229 e. The zero-order chi connectivity index (χ0) is 22.9. The van der Waals surface area contributed by atoms with Crippen molar-refractivity contribution in [3.63, 3.8) is 0 Å². The third-order valence-electron chi connectivity index (χ3n) is 5.42. The van der Waals surface area contributed by atoms with E-state index in [1.54, 1.807) is 24.4 Å². The van der Waals surface area contributed by atoms with E-state index >= 15 is 0 Å². The summed E-state index contributed by atoms with van der Waals surface area (Å²) in [5.74, 6) is -0.388. The van der Waals surface area contributed by atoms with Gasteiger partial charge in [-0.25, -0.2) is 4.39 Å². The van der Waals surface area contributed by atoms with Gasteiger partial charge in [0.15, 0.2) is 0 Å². The van der Waals surface area contributed by atoms with Crippen molar-refractivity contribution < 1.29 is 9.18 Å². The van der Waals surface area contributed by atoms with Gasteiger partial charge in [-0.15, -0.1) is 0 Å². The Morgan fingerprint density at radius 1 is 1.06 bits per heavy atom. The Hall–Kier alpha value is -3.67. The van der Waals surface area contributed by atoms with Crippen LogP contribution in [0.3, 0.4) is 0 Å². The predicted molar refractivity (Wildman–Crippen MR) is 127 cm³/mol. The summed E-state index contributed by atoms with van der Waals surface area (Å²) in [6, 6.07) is 17.7. The normalized spacial score (nSPS) is 12.5. The number of aromatic nitrogens is 2. The topological polar surface area (TPSA) is 69.8 Å². The van der Waals surface area contributed by atoms with E-state index in [-0.39, 0.29) is 11.7 Å². The summed E-state index contributed by atoms with van der Waals surface area (Å²) >= 11 is 0. The first-order valence-electron chi connectivity index (χ1n) is 10.6. The van der Waals surface area contributed by atoms with E-state index in [4.69, 9.17) is 0 Å². The number of nitrogens with one attached hydrogen (secondary N) is 3. The summed E-state index contributed by atoms with van der Waals surface area (Å²) in [4.78, 5) is 20.5. The number of carbonyl (C=O) groups is 1. The minimum atomic E-state index is -0.505. The van der Waals surface area contributed by atoms with E-state index in [1.807, 2.05) is 64.1 Å². The maximum Gasteiger partial charge on any atom is 0.229 e. The van der Waals surface area contributed by atoms with E-state index in [0.29, 0.717) is 11.4 Å². The molecule has 0 spiro atoms. The van der Waals surface area contributed by atoms with Crippen molar-refractivity contribution in [3.8, 4) is 0 Å². The lowest BCUT2D eigenvalue weighted by atomic mass is 9.95. The molecule has 2 aromatic carbocycles. The summed E-state index contributed by atoms with van der Waals surface area (Å²) in [6.07, 6.45) is 1.73. The molecular weight excluding hydrogens is 403 g/mol. The number of aryl methyl sites for hydroxylation is 1. The zero-order valence-corrected chi connectivity index (χ0v) is 18.7. The third kappa shape index (κ3) is 4.35. The number of nitrogens with zero attached hydrogens (tertiary/aromatic N) is 1. The van der Waals surface area contributed by atoms with Crippen LogP contribution in [0.4, 0.5) is 15.8 Å². The van der Waals surface area contributed by atoms with Crippen LogP contribution in [0.25, 0.3) is 10.9 Å². The fourth-order valence-electron chi connectivity index (χ4n) is 3.69. The predicted octanol–water partition coefficient (Wildman–Crippen LogP) is 6.20. The number of hydrogen-bond donors (Lipinski definition) is 3. The number of pyridine rings is 1. The number of benzene rings is 2. The Kier molecular flexibility index (Phi) is 5.70. The number of rotatable bonds is 5. The van der Waals surface area contributed by atoms with Gasteiger partial charge in [-0.2, -0.15) is 0 Å². The minimum absolute atomic E-state index is 0.0589. The van der Waals surface area contributed by atoms with Gasteiger partial charge in [-0.3, -0.25) is 9.78 Å². The highest BCUT2D eigenvalue weighted by Gasteiger charge is 2.24. The second-order valence-corrected chi connectivity index (χ2v) is 8.94. The van der Waals surface area contributed by atoms with Crippen LogP contribution in [0.1, 0.15) is 43.8 Å². The molecule has 0 saturated heterocycles. The number of aromatic amines is 1. The third-order valence-corrected chi connectivity index (χ3v) is 5.42. The molecule has 0 radical (unpaired) electrons. The molecule has 3 N–H and O–H groups in total. The monoisotopic (exact) mass is 430 g/mol. The Morgan fingerprint density at radius 2 is 1.81 bits per heavy atom. The Bertz CT molecular complexity index is 1260. The van der Waals surface area contributed by atoms with Crippen molar-refractivity contribution in [2.24, 2.45) is 5.41 Å². The molecule has 1 atom stereocenters. The summed E-state index contributed by atoms with van der Waals surface area (Å²) in [6.45, 7) is 7.62. The highest BCUT2D eigenvalue weighted by atomic mass is 19.1. The summed E-state index contributed by atoms with van der Waals surface area (Å²) in [5, 5.41) is 7.28. The average molecular weight is 431 g/mol. The number of fused-ring (bicyclic) bond motifs is 1. The molecule has 0 aliphatic carbocycles. The number of carbonyl (C=O) groups excluding carboxylic acids is 1. The number of para-hydroxylation sites is 1. The average Bonchev–Trinajstić information content (AvgIpc) is 3.08. The van der Waals surface area contributed by atoms with Gasteiger partial charge in [0.25, 0.3) is 0 Å². The van der Waals surface area contributed by atoms with Gasteiger partial charge in [0.2, 0.25) is 5.91 Å². The van der Waals surface area contributed by atoms with Crippen LogP contribution in [0.2, 0.25) is 0 Å². The molecule has 2 heterocycles. The number of H-pyrrole nitrogens is 1. The molecule has 32 heavy (non-hydrogen) atoms. The van der Waals surface area contributed by atoms with Crippen molar-refractivity contribution in [2.45, 2.75) is 33.7 Å². The summed E-state index contributed by atoms with van der Waals surface area (Å²) in [5.41, 5.74) is 4.20. The van der Waals surface area contributed by atoms with Crippen LogP contribution in [-0.2, 0) is 4.79 Å². The van der Waals surface area contributed by atoms with E-state index in [9.17, 15) is 9.18 Å². The van der Waals surface area contributed by atoms with Crippen molar-refractivity contribution in [2.75, 3.05) is 10.6 Å². The Labute approximate surface area is 187 Å². The fourth-order valence-corrected chi connectivity index (χ4v) is 3.69. The lowest BCUT2D eigenvalue weighted by Crippen LogP contribution is -2.27. The zero-order valence-electron chi connectivity index (χ0n) is 18.7. The minimum Gasteiger partial charge on any atom is -0.370 e. The van der Waals surface area contributed by atoms with Crippen LogP contribution >= 0.6 is 0 Å². The quantitative estimate of drug-likeness (QED) is 0.353. The first-order valence-corrected chi connectivity index (χ1v) is 10.6. The lowest BCUT2D eigenvalue weighted by molar-refractivity contribution is -0.123. The van der Waals surface area contributed by atoms with E-state index in [1.165, 1.54) is 6.07 Å². The molecule has 1 amide bonds. The number of anilines is 2. The molecule has 0 saturated carbocycles. The fraction of sp³-hybridized carbons (Fsp3) is 0.231. The van der Waals surface area contributed by atoms with Gasteiger partial charge < -0.3 is 15.6 Å². The second kappa shape index (κ2) is 8.46. The van der Waals surface area contributed by atoms with Crippen molar-refractivity contribution >= 4 is 28.2 Å². The molecule has 5 nitrogen and oxygen atoms in total. The highest BCUT2D eigenvalue weighted by Crippen LogP contribution is 2.35. The van der Waals surface area contributed by atoms with Gasteiger partial charge in [0.1, 0.15) is 5.82 Å². The molecule has 0 fully saturated rings. The first-order chi connectivity index (χ1) is 15.2. The van der Waals surface area contributed by atoms with Gasteiger partial charge in [-0.05, 0) is 49.4 Å². The van der Waals surface area contributed by atoms with Crippen LogP contribution in [0.15, 0.2) is 66.9 Å². The van der Waals surface area contributed by atoms with Crippen LogP contribution in [-0.4, -0.2) is 15.9 Å². The van der Waals surface area contributed by atoms with E-state index in [2.05, 4.69) is 20.6 Å². The maximum absolute atomic E-state index is 14.5. The molecule has 0 bridgehead atoms. The molecule has 0 aliphatic heterocycles. The van der Waals surface area contributed by atoms with Crippen molar-refractivity contribution in [1.82, 2.24) is 9.97 Å². The molecule has 0 aliphatic rings. The van der Waals surface area contributed by atoms with Crippen LogP contribution < -0.4 is 10.6 Å². The molecule has 4 aromatic rings. The van der Waals surface area contributed by atoms with Gasteiger partial charge in [-0.1, -0.05) is 39.0 Å².